The van der Waals surface area contributed by atoms with E-state index in [9.17, 15) is 9.18 Å². The minimum atomic E-state index is -0.551. The number of hydrogen-bond acceptors (Lipinski definition) is 3. The Morgan fingerprint density at radius 2 is 1.96 bits per heavy atom. The monoisotopic (exact) mass is 496 g/mol. The molecule has 0 unspecified atom stereocenters. The van der Waals surface area contributed by atoms with Crippen molar-refractivity contribution < 1.29 is 9.18 Å². The molecule has 0 atom stereocenters. The number of thioether (sulfide) groups is 1. The van der Waals surface area contributed by atoms with Crippen molar-refractivity contribution in [2.24, 2.45) is 10.4 Å². The molecule has 3 N–H and O–H groups in total. The first-order valence-corrected chi connectivity index (χ1v) is 9.74. The Bertz CT molecular complexity index is 611. The van der Waals surface area contributed by atoms with Gasteiger partial charge in [-0.3, -0.25) is 4.79 Å². The Morgan fingerprint density at radius 1 is 1.27 bits per heavy atom. The first-order chi connectivity index (χ1) is 11.8. The largest absolute Gasteiger partial charge is 0.359 e. The Morgan fingerprint density at radius 3 is 2.54 bits per heavy atom. The molecule has 0 saturated heterocycles. The van der Waals surface area contributed by atoms with Gasteiger partial charge in [-0.2, -0.15) is 11.8 Å². The van der Waals surface area contributed by atoms with Gasteiger partial charge in [0.25, 0.3) is 0 Å². The van der Waals surface area contributed by atoms with Gasteiger partial charge in [-0.15, -0.1) is 24.0 Å². The first-order valence-electron chi connectivity index (χ1n) is 8.34. The summed E-state index contributed by atoms with van der Waals surface area (Å²) in [5.74, 6) is 1.13. The molecule has 1 aromatic rings. The van der Waals surface area contributed by atoms with Crippen LogP contribution in [0.2, 0.25) is 0 Å². The van der Waals surface area contributed by atoms with Crippen molar-refractivity contribution in [2.75, 3.05) is 26.4 Å². The van der Waals surface area contributed by atoms with E-state index in [4.69, 9.17) is 0 Å². The number of guanidine groups is 1. The van der Waals surface area contributed by atoms with Gasteiger partial charge in [-0.05, 0) is 50.3 Å². The van der Waals surface area contributed by atoms with Gasteiger partial charge in [0.1, 0.15) is 5.82 Å². The van der Waals surface area contributed by atoms with Crippen molar-refractivity contribution in [2.45, 2.75) is 33.1 Å². The lowest BCUT2D eigenvalue weighted by Gasteiger charge is -2.24. The van der Waals surface area contributed by atoms with Gasteiger partial charge in [0, 0.05) is 25.9 Å². The highest BCUT2D eigenvalue weighted by Gasteiger charge is 2.26. The second-order valence-electron chi connectivity index (χ2n) is 6.36. The molecule has 0 saturated carbocycles. The average Bonchev–Trinajstić information content (AvgIpc) is 2.58. The lowest BCUT2D eigenvalue weighted by atomic mass is 9.92. The van der Waals surface area contributed by atoms with Crippen LogP contribution in [0.3, 0.4) is 0 Å². The number of nitrogens with zero attached hydrogens (tertiary/aromatic N) is 1. The number of hydrogen-bond donors (Lipinski definition) is 3. The van der Waals surface area contributed by atoms with Gasteiger partial charge in [-0.1, -0.05) is 6.07 Å². The van der Waals surface area contributed by atoms with Crippen molar-refractivity contribution >= 4 is 47.6 Å². The fraction of sp³-hybridized carbons (Fsp3) is 0.556. The van der Waals surface area contributed by atoms with Crippen molar-refractivity contribution in [1.29, 1.82) is 0 Å². The van der Waals surface area contributed by atoms with Crippen LogP contribution in [0.5, 0.6) is 0 Å². The summed E-state index contributed by atoms with van der Waals surface area (Å²) < 4.78 is 13.4. The molecule has 5 nitrogen and oxygen atoms in total. The molecule has 1 amide bonds. The molecule has 0 radical (unpaired) electrons. The zero-order chi connectivity index (χ0) is 18.9. The second-order valence-corrected chi connectivity index (χ2v) is 7.22. The predicted octanol–water partition coefficient (Wildman–Crippen LogP) is 3.13. The van der Waals surface area contributed by atoms with Gasteiger partial charge >= 0.3 is 0 Å². The number of carbonyl (C=O) groups excluding carboxylic acids is 1. The number of carbonyl (C=O) groups is 1. The molecule has 0 aliphatic heterocycles. The van der Waals surface area contributed by atoms with E-state index < -0.39 is 5.41 Å². The van der Waals surface area contributed by atoms with Crippen molar-refractivity contribution in [3.63, 3.8) is 0 Å². The summed E-state index contributed by atoms with van der Waals surface area (Å²) in [6.07, 6.45) is 1.99. The lowest BCUT2D eigenvalue weighted by molar-refractivity contribution is -0.128. The predicted molar refractivity (Wildman–Crippen MR) is 120 cm³/mol. The summed E-state index contributed by atoms with van der Waals surface area (Å²) >= 11 is 1.65. The molecule has 1 aromatic carbocycles. The molecule has 0 aliphatic rings. The summed E-state index contributed by atoms with van der Waals surface area (Å²) in [5.41, 5.74) is 1.40. The molecule has 8 heteroatoms. The minimum absolute atomic E-state index is 0. The quantitative estimate of drug-likeness (QED) is 0.294. The number of benzene rings is 1. The molecule has 26 heavy (non-hydrogen) atoms. The van der Waals surface area contributed by atoms with Crippen LogP contribution in [0.25, 0.3) is 0 Å². The molecule has 0 heterocycles. The maximum absolute atomic E-state index is 13.4. The maximum Gasteiger partial charge on any atom is 0.227 e. The van der Waals surface area contributed by atoms with E-state index in [1.54, 1.807) is 30.9 Å². The summed E-state index contributed by atoms with van der Waals surface area (Å²) in [4.78, 5) is 16.5. The van der Waals surface area contributed by atoms with Crippen LogP contribution in [0.4, 0.5) is 4.39 Å². The minimum Gasteiger partial charge on any atom is -0.359 e. The van der Waals surface area contributed by atoms with Crippen molar-refractivity contribution in [1.82, 2.24) is 16.0 Å². The molecule has 0 spiro atoms. The molecule has 1 rings (SSSR count). The number of aliphatic imine (C=N–C) groups is 1. The Hall–Kier alpha value is -1.03. The summed E-state index contributed by atoms with van der Waals surface area (Å²) in [7, 11) is 1.63. The van der Waals surface area contributed by atoms with Crippen LogP contribution >= 0.6 is 35.7 Å². The molecule has 0 aromatic heterocycles. The molecular weight excluding hydrogens is 466 g/mol. The smallest absolute Gasteiger partial charge is 0.227 e. The zero-order valence-electron chi connectivity index (χ0n) is 16.1. The molecule has 0 aliphatic carbocycles. The molecule has 0 fully saturated rings. The van der Waals surface area contributed by atoms with Gasteiger partial charge < -0.3 is 16.0 Å². The second kappa shape index (κ2) is 12.4. The normalized spacial score (nSPS) is 11.5. The molecule has 148 valence electrons. The van der Waals surface area contributed by atoms with Crippen molar-refractivity contribution in [3.05, 3.63) is 35.1 Å². The SMILES string of the molecule is CCNC(=NCc1ccc(F)cc1CSC)NCC(C)(C)C(=O)NC.I. The maximum atomic E-state index is 13.4. The van der Waals surface area contributed by atoms with Crippen LogP contribution < -0.4 is 16.0 Å². The van der Waals surface area contributed by atoms with E-state index in [0.29, 0.717) is 25.6 Å². The van der Waals surface area contributed by atoms with E-state index in [-0.39, 0.29) is 35.7 Å². The lowest BCUT2D eigenvalue weighted by Crippen LogP contribution is -2.47. The van der Waals surface area contributed by atoms with Crippen LogP contribution in [0.15, 0.2) is 23.2 Å². The zero-order valence-corrected chi connectivity index (χ0v) is 19.3. The highest BCUT2D eigenvalue weighted by Crippen LogP contribution is 2.18. The average molecular weight is 496 g/mol. The first kappa shape index (κ1) is 25.0. The number of nitrogens with one attached hydrogen (secondary N) is 3. The highest BCUT2D eigenvalue weighted by atomic mass is 127. The molecule has 0 bridgehead atoms. The third kappa shape index (κ3) is 8.11. The van der Waals surface area contributed by atoms with Gasteiger partial charge in [0.05, 0.1) is 12.0 Å². The fourth-order valence-electron chi connectivity index (χ4n) is 2.27. The van der Waals surface area contributed by atoms with Crippen LogP contribution in [0, 0.1) is 11.2 Å². The third-order valence-corrected chi connectivity index (χ3v) is 4.36. The highest BCUT2D eigenvalue weighted by molar-refractivity contribution is 14.0. The van der Waals surface area contributed by atoms with Crippen LogP contribution in [-0.4, -0.2) is 38.3 Å². The Labute approximate surface area is 177 Å². The van der Waals surface area contributed by atoms with Crippen LogP contribution in [0.1, 0.15) is 31.9 Å². The van der Waals surface area contributed by atoms with E-state index in [1.807, 2.05) is 27.0 Å². The summed E-state index contributed by atoms with van der Waals surface area (Å²) in [6, 6.07) is 4.81. The topological polar surface area (TPSA) is 65.5 Å². The van der Waals surface area contributed by atoms with Crippen molar-refractivity contribution in [3.8, 4) is 0 Å². The van der Waals surface area contributed by atoms with E-state index in [0.717, 1.165) is 16.9 Å². The van der Waals surface area contributed by atoms with E-state index >= 15 is 0 Å². The van der Waals surface area contributed by atoms with Gasteiger partial charge in [-0.25, -0.2) is 9.38 Å². The number of halogens is 2. The van der Waals surface area contributed by atoms with Gasteiger partial charge in [0.2, 0.25) is 5.91 Å². The van der Waals surface area contributed by atoms with E-state index in [1.165, 1.54) is 6.07 Å². The van der Waals surface area contributed by atoms with E-state index in [2.05, 4.69) is 20.9 Å². The summed E-state index contributed by atoms with van der Waals surface area (Å²) in [6.45, 7) is 7.36. The fourth-order valence-corrected chi connectivity index (χ4v) is 2.85. The standard InChI is InChI=1S/C18H29FN4OS.HI/c1-6-21-17(23-12-18(2,3)16(24)20-4)22-10-13-7-8-15(19)9-14(13)11-25-5;/h7-9H,6,10-12H2,1-5H3,(H,20,24)(H2,21,22,23);1H. The summed E-state index contributed by atoms with van der Waals surface area (Å²) in [5, 5.41) is 9.05. The Balaban J connectivity index is 0.00000625. The third-order valence-electron chi connectivity index (χ3n) is 3.76. The number of amides is 1. The molecular formula is C18H30FIN4OS. The Kier molecular flexibility index (Phi) is 11.9. The van der Waals surface area contributed by atoms with Crippen LogP contribution in [-0.2, 0) is 17.1 Å². The number of rotatable bonds is 8. The van der Waals surface area contributed by atoms with Gasteiger partial charge in [0.15, 0.2) is 5.96 Å².